The van der Waals surface area contributed by atoms with E-state index in [0.717, 1.165) is 39.2 Å². The minimum Gasteiger partial charge on any atom is -0.342 e. The zero-order chi connectivity index (χ0) is 22.4. The fourth-order valence-electron chi connectivity index (χ4n) is 4.75. The normalized spacial score (nSPS) is 14.7. The van der Waals surface area contributed by atoms with Crippen LogP contribution in [0, 0.1) is 10.1 Å². The van der Waals surface area contributed by atoms with E-state index in [9.17, 15) is 10.1 Å². The molecule has 0 saturated heterocycles. The molecule has 0 aliphatic carbocycles. The third-order valence-corrected chi connectivity index (χ3v) is 6.16. The minimum absolute atomic E-state index is 0.0805. The molecule has 0 N–H and O–H groups in total. The number of nitrogens with zero attached hydrogens (tertiary/aromatic N) is 4. The van der Waals surface area contributed by atoms with Crippen molar-refractivity contribution in [2.45, 2.75) is 12.7 Å². The van der Waals surface area contributed by atoms with Crippen LogP contribution in [0.4, 0.5) is 11.4 Å². The van der Waals surface area contributed by atoms with Crippen molar-refractivity contribution in [1.29, 1.82) is 0 Å². The van der Waals surface area contributed by atoms with E-state index in [1.807, 2.05) is 54.6 Å². The van der Waals surface area contributed by atoms with E-state index in [1.54, 1.807) is 12.1 Å². The third kappa shape index (κ3) is 3.15. The highest BCUT2D eigenvalue weighted by Gasteiger charge is 2.34. The summed E-state index contributed by atoms with van der Waals surface area (Å²) in [6.07, 6.45) is -0.289. The quantitative estimate of drug-likeness (QED) is 0.251. The lowest BCUT2D eigenvalue weighted by atomic mass is 10.0. The van der Waals surface area contributed by atoms with E-state index in [1.165, 1.54) is 6.07 Å². The summed E-state index contributed by atoms with van der Waals surface area (Å²) in [5.74, 6) is 0.868. The van der Waals surface area contributed by atoms with Gasteiger partial charge in [-0.05, 0) is 29.8 Å². The number of nitro groups is 1. The van der Waals surface area contributed by atoms with Gasteiger partial charge < -0.3 is 4.90 Å². The molecule has 0 fully saturated rings. The van der Waals surface area contributed by atoms with E-state index < -0.39 is 0 Å². The number of non-ortho nitro benzene ring substituents is 1. The first-order chi connectivity index (χ1) is 16.2. The molecule has 1 aliphatic heterocycles. The SMILES string of the molecule is O=[N+]([O-])c1cccc([C@H]2N(Cc3ccccc3)c3ccccc3-c3nc4ccccc4n32)c1. The molecule has 1 aliphatic rings. The maximum absolute atomic E-state index is 11.6. The number of imidazole rings is 1. The van der Waals surface area contributed by atoms with E-state index in [0.29, 0.717) is 6.54 Å². The molecule has 6 nitrogen and oxygen atoms in total. The van der Waals surface area contributed by atoms with Crippen molar-refractivity contribution >= 4 is 22.4 Å². The molecule has 4 aromatic carbocycles. The van der Waals surface area contributed by atoms with Gasteiger partial charge in [0, 0.05) is 35.5 Å². The first kappa shape index (κ1) is 19.3. The molecule has 5 aromatic rings. The molecule has 0 radical (unpaired) electrons. The van der Waals surface area contributed by atoms with Crippen molar-refractivity contribution in [2.24, 2.45) is 0 Å². The Morgan fingerprint density at radius 2 is 1.61 bits per heavy atom. The fraction of sp³-hybridized carbons (Fsp3) is 0.0741. The molecular weight excluding hydrogens is 412 g/mol. The number of rotatable bonds is 4. The Bertz CT molecular complexity index is 1490. The largest absolute Gasteiger partial charge is 0.342 e. The monoisotopic (exact) mass is 432 g/mol. The molecule has 6 heteroatoms. The van der Waals surface area contributed by atoms with Crippen molar-refractivity contribution in [3.05, 3.63) is 124 Å². The number of hydrogen-bond donors (Lipinski definition) is 0. The Morgan fingerprint density at radius 1 is 0.848 bits per heavy atom. The van der Waals surface area contributed by atoms with E-state index in [-0.39, 0.29) is 16.8 Å². The highest BCUT2D eigenvalue weighted by Crippen LogP contribution is 2.45. The smallest absolute Gasteiger partial charge is 0.269 e. The van der Waals surface area contributed by atoms with Crippen LogP contribution in [-0.2, 0) is 6.54 Å². The van der Waals surface area contributed by atoms with Gasteiger partial charge in [-0.25, -0.2) is 4.98 Å². The van der Waals surface area contributed by atoms with Crippen LogP contribution < -0.4 is 4.90 Å². The molecule has 0 bridgehead atoms. The summed E-state index contributed by atoms with van der Waals surface area (Å²) in [5.41, 5.74) is 6.09. The van der Waals surface area contributed by atoms with Crippen LogP contribution in [0.5, 0.6) is 0 Å². The molecule has 1 aromatic heterocycles. The molecule has 6 rings (SSSR count). The second-order valence-corrected chi connectivity index (χ2v) is 8.15. The lowest BCUT2D eigenvalue weighted by Gasteiger charge is -2.40. The summed E-state index contributed by atoms with van der Waals surface area (Å²) in [6.45, 7) is 0.650. The highest BCUT2D eigenvalue weighted by atomic mass is 16.6. The van der Waals surface area contributed by atoms with Gasteiger partial charge in [0.2, 0.25) is 0 Å². The Hall–Kier alpha value is -4.45. The standard InChI is InChI=1S/C27H20N4O2/c32-31(33)21-12-8-11-20(17-21)27-29(18-19-9-2-1-3-10-19)24-15-6-4-13-22(24)26-28-23-14-5-7-16-25(23)30(26)27/h1-17,27H,18H2/t27-/m0/s1. The number of fused-ring (bicyclic) bond motifs is 5. The summed E-state index contributed by atoms with van der Waals surface area (Å²) in [5, 5.41) is 11.6. The van der Waals surface area contributed by atoms with Crippen molar-refractivity contribution in [3.8, 4) is 11.4 Å². The van der Waals surface area contributed by atoms with Gasteiger partial charge in [-0.1, -0.05) is 66.7 Å². The molecule has 0 saturated carbocycles. The van der Waals surface area contributed by atoms with Crippen molar-refractivity contribution in [3.63, 3.8) is 0 Å². The molecule has 0 spiro atoms. The van der Waals surface area contributed by atoms with Gasteiger partial charge in [-0.2, -0.15) is 0 Å². The van der Waals surface area contributed by atoms with Crippen LogP contribution in [0.2, 0.25) is 0 Å². The maximum Gasteiger partial charge on any atom is 0.269 e. The van der Waals surface area contributed by atoms with Crippen molar-refractivity contribution < 1.29 is 4.92 Å². The first-order valence-corrected chi connectivity index (χ1v) is 10.8. The second-order valence-electron chi connectivity index (χ2n) is 8.15. The van der Waals surface area contributed by atoms with Crippen LogP contribution in [0.3, 0.4) is 0 Å². The Balaban J connectivity index is 1.65. The van der Waals surface area contributed by atoms with Crippen LogP contribution in [0.1, 0.15) is 17.3 Å². The van der Waals surface area contributed by atoms with Gasteiger partial charge in [0.1, 0.15) is 12.0 Å². The zero-order valence-electron chi connectivity index (χ0n) is 17.7. The summed E-state index contributed by atoms with van der Waals surface area (Å²) < 4.78 is 2.21. The van der Waals surface area contributed by atoms with Gasteiger partial charge >= 0.3 is 0 Å². The molecule has 0 amide bonds. The molecule has 0 unspecified atom stereocenters. The molecule has 2 heterocycles. The Morgan fingerprint density at radius 3 is 2.45 bits per heavy atom. The van der Waals surface area contributed by atoms with Crippen LogP contribution in [0.15, 0.2) is 103 Å². The van der Waals surface area contributed by atoms with E-state index >= 15 is 0 Å². The zero-order valence-corrected chi connectivity index (χ0v) is 17.7. The summed E-state index contributed by atoms with van der Waals surface area (Å²) in [4.78, 5) is 18.5. The maximum atomic E-state index is 11.6. The highest BCUT2D eigenvalue weighted by molar-refractivity contribution is 5.87. The fourth-order valence-corrected chi connectivity index (χ4v) is 4.75. The second kappa shape index (κ2) is 7.60. The van der Waals surface area contributed by atoms with Crippen molar-refractivity contribution in [1.82, 2.24) is 9.55 Å². The minimum atomic E-state index is -0.339. The van der Waals surface area contributed by atoms with Crippen LogP contribution in [0.25, 0.3) is 22.4 Å². The third-order valence-electron chi connectivity index (χ3n) is 6.16. The van der Waals surface area contributed by atoms with Gasteiger partial charge in [-0.3, -0.25) is 14.7 Å². The van der Waals surface area contributed by atoms with Gasteiger partial charge in [0.25, 0.3) is 5.69 Å². The number of aromatic nitrogens is 2. The average Bonchev–Trinajstić information content (AvgIpc) is 3.24. The number of hydrogen-bond acceptors (Lipinski definition) is 4. The van der Waals surface area contributed by atoms with Crippen molar-refractivity contribution in [2.75, 3.05) is 4.90 Å². The molecule has 1 atom stereocenters. The molecule has 160 valence electrons. The number of para-hydroxylation sites is 3. The predicted octanol–water partition coefficient (Wildman–Crippen LogP) is 6.18. The Kier molecular flexibility index (Phi) is 4.43. The van der Waals surface area contributed by atoms with Gasteiger partial charge in [-0.15, -0.1) is 0 Å². The summed E-state index contributed by atoms with van der Waals surface area (Å²) >= 11 is 0. The molecular formula is C27H20N4O2. The van der Waals surface area contributed by atoms with E-state index in [2.05, 4.69) is 39.8 Å². The number of anilines is 1. The lowest BCUT2D eigenvalue weighted by molar-refractivity contribution is -0.384. The van der Waals surface area contributed by atoms with E-state index in [4.69, 9.17) is 4.98 Å². The average molecular weight is 432 g/mol. The van der Waals surface area contributed by atoms with Crippen LogP contribution in [-0.4, -0.2) is 14.5 Å². The lowest BCUT2D eigenvalue weighted by Crippen LogP contribution is -2.36. The topological polar surface area (TPSA) is 64.2 Å². The Labute approximate surface area is 190 Å². The first-order valence-electron chi connectivity index (χ1n) is 10.8. The number of benzene rings is 4. The van der Waals surface area contributed by atoms with Gasteiger partial charge in [0.15, 0.2) is 0 Å². The summed E-state index contributed by atoms with van der Waals surface area (Å²) in [7, 11) is 0. The number of nitro benzene ring substituents is 1. The summed E-state index contributed by atoms with van der Waals surface area (Å²) in [6, 6.07) is 33.5. The van der Waals surface area contributed by atoms with Crippen LogP contribution >= 0.6 is 0 Å². The predicted molar refractivity (Wildman–Crippen MR) is 129 cm³/mol. The molecule has 33 heavy (non-hydrogen) atoms. The van der Waals surface area contributed by atoms with Gasteiger partial charge in [0.05, 0.1) is 16.0 Å².